The molecule has 4 heterocycles. The highest BCUT2D eigenvalue weighted by atomic mass is 32.1. The van der Waals surface area contributed by atoms with Gasteiger partial charge in [-0.05, 0) is 25.0 Å². The van der Waals surface area contributed by atoms with Crippen molar-refractivity contribution in [1.82, 2.24) is 19.4 Å². The SMILES string of the molecule is O=C(c1cnc(-c2ccco2)s1)N1CCC[C@H](n2ccnc2)C1. The van der Waals surface area contributed by atoms with E-state index in [0.717, 1.165) is 24.4 Å². The number of likely N-dealkylation sites (tertiary alicyclic amines) is 1. The van der Waals surface area contributed by atoms with Crippen LogP contribution in [0.15, 0.2) is 47.7 Å². The summed E-state index contributed by atoms with van der Waals surface area (Å²) in [5.74, 6) is 0.745. The number of furan rings is 1. The number of rotatable bonds is 3. The second kappa shape index (κ2) is 6.00. The van der Waals surface area contributed by atoms with Crippen LogP contribution in [-0.2, 0) is 0 Å². The van der Waals surface area contributed by atoms with Gasteiger partial charge in [0.1, 0.15) is 4.88 Å². The number of hydrogen-bond donors (Lipinski definition) is 0. The number of carbonyl (C=O) groups is 1. The Morgan fingerprint density at radius 1 is 1.43 bits per heavy atom. The molecule has 1 saturated heterocycles. The van der Waals surface area contributed by atoms with Crippen LogP contribution >= 0.6 is 11.3 Å². The van der Waals surface area contributed by atoms with Gasteiger partial charge < -0.3 is 13.9 Å². The molecule has 0 saturated carbocycles. The van der Waals surface area contributed by atoms with Gasteiger partial charge in [0.15, 0.2) is 10.8 Å². The molecule has 23 heavy (non-hydrogen) atoms. The second-order valence-corrected chi connectivity index (χ2v) is 6.59. The fourth-order valence-electron chi connectivity index (χ4n) is 2.91. The van der Waals surface area contributed by atoms with E-state index in [1.54, 1.807) is 18.7 Å². The highest BCUT2D eigenvalue weighted by molar-refractivity contribution is 7.16. The molecule has 1 amide bonds. The van der Waals surface area contributed by atoms with Crippen LogP contribution < -0.4 is 0 Å². The Hall–Kier alpha value is -2.41. The Morgan fingerprint density at radius 3 is 3.17 bits per heavy atom. The summed E-state index contributed by atoms with van der Waals surface area (Å²) in [5.41, 5.74) is 0. The Balaban J connectivity index is 1.50. The van der Waals surface area contributed by atoms with E-state index in [4.69, 9.17) is 4.42 Å². The molecule has 0 aliphatic carbocycles. The number of aromatic nitrogens is 3. The first-order valence-corrected chi connectivity index (χ1v) is 8.39. The smallest absolute Gasteiger partial charge is 0.265 e. The predicted molar refractivity (Wildman–Crippen MR) is 86.2 cm³/mol. The van der Waals surface area contributed by atoms with Crippen LogP contribution in [0.25, 0.3) is 10.8 Å². The number of thiazole rings is 1. The van der Waals surface area contributed by atoms with Crippen LogP contribution in [0, 0.1) is 0 Å². The average Bonchev–Trinajstić information content (AvgIpc) is 3.36. The normalized spacial score (nSPS) is 18.3. The number of imidazole rings is 1. The highest BCUT2D eigenvalue weighted by Gasteiger charge is 2.26. The lowest BCUT2D eigenvalue weighted by atomic mass is 10.1. The van der Waals surface area contributed by atoms with Crippen LogP contribution in [0.4, 0.5) is 0 Å². The first-order valence-electron chi connectivity index (χ1n) is 7.57. The first kappa shape index (κ1) is 14.2. The van der Waals surface area contributed by atoms with E-state index in [9.17, 15) is 4.79 Å². The maximum absolute atomic E-state index is 12.7. The molecule has 0 N–H and O–H groups in total. The van der Waals surface area contributed by atoms with Crippen LogP contribution in [-0.4, -0.2) is 38.4 Å². The van der Waals surface area contributed by atoms with Gasteiger partial charge in [-0.3, -0.25) is 4.79 Å². The van der Waals surface area contributed by atoms with Crippen molar-refractivity contribution < 1.29 is 9.21 Å². The van der Waals surface area contributed by atoms with Crippen molar-refractivity contribution in [2.45, 2.75) is 18.9 Å². The van der Waals surface area contributed by atoms with Gasteiger partial charge >= 0.3 is 0 Å². The second-order valence-electron chi connectivity index (χ2n) is 5.56. The van der Waals surface area contributed by atoms with Gasteiger partial charge in [-0.15, -0.1) is 11.3 Å². The molecule has 118 valence electrons. The topological polar surface area (TPSA) is 64.2 Å². The first-order chi connectivity index (χ1) is 11.3. The molecule has 1 aliphatic rings. The van der Waals surface area contributed by atoms with Gasteiger partial charge in [0, 0.05) is 25.5 Å². The van der Waals surface area contributed by atoms with E-state index < -0.39 is 0 Å². The van der Waals surface area contributed by atoms with E-state index in [1.807, 2.05) is 29.6 Å². The lowest BCUT2D eigenvalue weighted by molar-refractivity contribution is 0.0684. The molecule has 0 aromatic carbocycles. The van der Waals surface area contributed by atoms with Crippen LogP contribution in [0.1, 0.15) is 28.6 Å². The standard InChI is InChI=1S/C16H16N4O2S/c21-16(14-9-18-15(23-14)13-4-2-8-22-13)19-6-1-3-12(10-19)20-7-5-17-11-20/h2,4-5,7-9,11-12H,1,3,6,10H2/t12-/m0/s1. The minimum atomic E-state index is 0.0464. The molecule has 1 atom stereocenters. The van der Waals surface area contributed by atoms with Gasteiger partial charge in [-0.25, -0.2) is 9.97 Å². The molecule has 0 spiro atoms. The minimum absolute atomic E-state index is 0.0464. The van der Waals surface area contributed by atoms with Crippen molar-refractivity contribution in [1.29, 1.82) is 0 Å². The van der Waals surface area contributed by atoms with E-state index in [2.05, 4.69) is 14.5 Å². The largest absolute Gasteiger partial charge is 0.462 e. The van der Waals surface area contributed by atoms with Gasteiger partial charge in [0.05, 0.1) is 24.8 Å². The number of hydrogen-bond acceptors (Lipinski definition) is 5. The molecule has 0 bridgehead atoms. The van der Waals surface area contributed by atoms with Crippen molar-refractivity contribution in [3.05, 3.63) is 48.2 Å². The fourth-order valence-corrected chi connectivity index (χ4v) is 3.76. The maximum Gasteiger partial charge on any atom is 0.265 e. The zero-order chi connectivity index (χ0) is 15.6. The summed E-state index contributed by atoms with van der Waals surface area (Å²) in [6, 6.07) is 3.97. The van der Waals surface area contributed by atoms with Crippen molar-refractivity contribution in [2.24, 2.45) is 0 Å². The average molecular weight is 328 g/mol. The van der Waals surface area contributed by atoms with Crippen LogP contribution in [0.3, 0.4) is 0 Å². The third-order valence-corrected chi connectivity index (χ3v) is 5.08. The summed E-state index contributed by atoms with van der Waals surface area (Å²) in [4.78, 5) is 23.7. The fraction of sp³-hybridized carbons (Fsp3) is 0.312. The van der Waals surface area contributed by atoms with E-state index in [0.29, 0.717) is 23.2 Å². The third kappa shape index (κ3) is 2.79. The molecule has 1 fully saturated rings. The number of piperidine rings is 1. The summed E-state index contributed by atoms with van der Waals surface area (Å²) < 4.78 is 7.42. The maximum atomic E-state index is 12.7. The minimum Gasteiger partial charge on any atom is -0.462 e. The number of amides is 1. The van der Waals surface area contributed by atoms with E-state index in [-0.39, 0.29) is 5.91 Å². The van der Waals surface area contributed by atoms with E-state index in [1.165, 1.54) is 11.3 Å². The molecule has 0 unspecified atom stereocenters. The van der Waals surface area contributed by atoms with Crippen molar-refractivity contribution >= 4 is 17.2 Å². The number of carbonyl (C=O) groups excluding carboxylic acids is 1. The Kier molecular flexibility index (Phi) is 3.70. The van der Waals surface area contributed by atoms with Gasteiger partial charge in [0.25, 0.3) is 5.91 Å². The van der Waals surface area contributed by atoms with E-state index >= 15 is 0 Å². The molecular formula is C16H16N4O2S. The Bertz CT molecular complexity index is 779. The van der Waals surface area contributed by atoms with Crippen molar-refractivity contribution in [3.8, 4) is 10.8 Å². The van der Waals surface area contributed by atoms with Crippen molar-refractivity contribution in [3.63, 3.8) is 0 Å². The monoisotopic (exact) mass is 328 g/mol. The van der Waals surface area contributed by atoms with Gasteiger partial charge in [-0.1, -0.05) is 0 Å². The summed E-state index contributed by atoms with van der Waals surface area (Å²) in [7, 11) is 0. The molecule has 1 aliphatic heterocycles. The Morgan fingerprint density at radius 2 is 2.39 bits per heavy atom. The molecule has 0 radical (unpaired) electrons. The van der Waals surface area contributed by atoms with Crippen LogP contribution in [0.5, 0.6) is 0 Å². The third-order valence-electron chi connectivity index (χ3n) is 4.08. The summed E-state index contributed by atoms with van der Waals surface area (Å²) >= 11 is 1.38. The lowest BCUT2D eigenvalue weighted by Gasteiger charge is -2.33. The lowest BCUT2D eigenvalue weighted by Crippen LogP contribution is -2.40. The summed E-state index contributed by atoms with van der Waals surface area (Å²) in [6.45, 7) is 1.50. The molecule has 3 aromatic rings. The van der Waals surface area contributed by atoms with Gasteiger partial charge in [-0.2, -0.15) is 0 Å². The zero-order valence-electron chi connectivity index (χ0n) is 12.5. The summed E-state index contributed by atoms with van der Waals surface area (Å²) in [5, 5.41) is 0.738. The predicted octanol–water partition coefficient (Wildman–Crippen LogP) is 3.08. The van der Waals surface area contributed by atoms with Gasteiger partial charge in [0.2, 0.25) is 0 Å². The molecule has 7 heteroatoms. The summed E-state index contributed by atoms with van der Waals surface area (Å²) in [6.07, 6.45) is 10.9. The highest BCUT2D eigenvalue weighted by Crippen LogP contribution is 2.28. The molecule has 4 rings (SSSR count). The zero-order valence-corrected chi connectivity index (χ0v) is 13.3. The molecule has 3 aromatic heterocycles. The molecular weight excluding hydrogens is 312 g/mol. The Labute approximate surface area is 137 Å². The number of nitrogens with zero attached hydrogens (tertiary/aromatic N) is 4. The van der Waals surface area contributed by atoms with Crippen LogP contribution in [0.2, 0.25) is 0 Å². The quantitative estimate of drug-likeness (QED) is 0.741. The van der Waals surface area contributed by atoms with Crippen molar-refractivity contribution in [2.75, 3.05) is 13.1 Å². The molecule has 6 nitrogen and oxygen atoms in total.